The molecule has 40 heavy (non-hydrogen) atoms. The van der Waals surface area contributed by atoms with Gasteiger partial charge in [-0.15, -0.1) is 0 Å². The number of rotatable bonds is 10. The van der Waals surface area contributed by atoms with Crippen molar-refractivity contribution in [2.24, 2.45) is 0 Å². The Morgan fingerprint density at radius 2 is 0.975 bits per heavy atom. The average molecular weight is 535 g/mol. The van der Waals surface area contributed by atoms with Crippen molar-refractivity contribution in [3.63, 3.8) is 0 Å². The quantitative estimate of drug-likeness (QED) is 0.212. The first-order chi connectivity index (χ1) is 19.7. The molecule has 2 aromatic carbocycles. The largest absolute Gasteiger partial charge is 0.376 e. The topological polar surface area (TPSA) is 96.7 Å². The van der Waals surface area contributed by atoms with Crippen molar-refractivity contribution < 1.29 is 9.68 Å². The van der Waals surface area contributed by atoms with E-state index in [2.05, 4.69) is 77.9 Å². The van der Waals surface area contributed by atoms with Gasteiger partial charge in [-0.1, -0.05) is 108 Å². The van der Waals surface area contributed by atoms with Crippen molar-refractivity contribution >= 4 is 11.8 Å². The van der Waals surface area contributed by atoms with Gasteiger partial charge in [-0.2, -0.15) is 10.0 Å². The second kappa shape index (κ2) is 12.0. The number of hydrogen-bond acceptors (Lipinski definition) is 8. The molecular weight excluding hydrogens is 500 g/mol. The van der Waals surface area contributed by atoms with E-state index in [0.717, 1.165) is 61.0 Å². The van der Waals surface area contributed by atoms with Crippen LogP contribution in [0.1, 0.15) is 47.2 Å². The molecule has 6 rings (SSSR count). The van der Waals surface area contributed by atoms with Crippen LogP contribution < -0.4 is 11.2 Å². The lowest BCUT2D eigenvalue weighted by Gasteiger charge is -2.20. The van der Waals surface area contributed by atoms with E-state index >= 15 is 0 Å². The summed E-state index contributed by atoms with van der Waals surface area (Å²) in [5, 5.41) is 21.3. The maximum atomic E-state index is 8.65. The Hall–Kier alpha value is -4.08. The van der Waals surface area contributed by atoms with Crippen LogP contribution in [0.3, 0.4) is 0 Å². The SMILES string of the molecule is N=C1ONN(CCCc2ccccc2)C1c1cc(C2C(=N)ONN2CCCc2ccccc2)c2cccccc1-2. The van der Waals surface area contributed by atoms with E-state index in [1.54, 1.807) is 0 Å². The number of hydrazine groups is 2. The molecule has 0 aromatic heterocycles. The van der Waals surface area contributed by atoms with Crippen LogP contribution in [0.4, 0.5) is 0 Å². The molecule has 0 amide bonds. The fourth-order valence-corrected chi connectivity index (χ4v) is 5.71. The van der Waals surface area contributed by atoms with E-state index in [4.69, 9.17) is 20.5 Å². The number of nitrogens with zero attached hydrogens (tertiary/aromatic N) is 2. The van der Waals surface area contributed by atoms with Crippen molar-refractivity contribution in [2.75, 3.05) is 13.1 Å². The second-order valence-corrected chi connectivity index (χ2v) is 10.3. The normalized spacial score (nSPS) is 19.7. The van der Waals surface area contributed by atoms with Crippen LogP contribution in [-0.2, 0) is 22.5 Å². The third kappa shape index (κ3) is 5.48. The van der Waals surface area contributed by atoms with Crippen molar-refractivity contribution in [1.29, 1.82) is 10.8 Å². The lowest BCUT2D eigenvalue weighted by Crippen LogP contribution is -2.34. The van der Waals surface area contributed by atoms with Crippen LogP contribution in [0.2, 0.25) is 0 Å². The summed E-state index contributed by atoms with van der Waals surface area (Å²) in [6.45, 7) is 1.44. The van der Waals surface area contributed by atoms with Crippen LogP contribution in [0, 0.1) is 10.8 Å². The lowest BCUT2D eigenvalue weighted by molar-refractivity contribution is 0.0380. The first-order valence-electron chi connectivity index (χ1n) is 13.8. The summed E-state index contributed by atoms with van der Waals surface area (Å²) in [7, 11) is 0. The van der Waals surface area contributed by atoms with Crippen LogP contribution >= 0.6 is 0 Å². The summed E-state index contributed by atoms with van der Waals surface area (Å²) in [5.74, 6) is 0.334. The highest BCUT2D eigenvalue weighted by Crippen LogP contribution is 2.43. The molecule has 2 aliphatic carbocycles. The van der Waals surface area contributed by atoms with Gasteiger partial charge in [0.05, 0.1) is 0 Å². The molecule has 0 spiro atoms. The Kier molecular flexibility index (Phi) is 7.83. The highest BCUT2D eigenvalue weighted by Gasteiger charge is 2.41. The Labute approximate surface area is 234 Å². The van der Waals surface area contributed by atoms with Gasteiger partial charge >= 0.3 is 0 Å². The minimum atomic E-state index is -0.370. The van der Waals surface area contributed by atoms with E-state index in [-0.39, 0.29) is 23.9 Å². The first-order valence-corrected chi connectivity index (χ1v) is 13.8. The van der Waals surface area contributed by atoms with Crippen LogP contribution in [0.5, 0.6) is 0 Å². The summed E-state index contributed by atoms with van der Waals surface area (Å²) in [5.41, 5.74) is 12.6. The zero-order valence-corrected chi connectivity index (χ0v) is 22.3. The fourth-order valence-electron chi connectivity index (χ4n) is 5.71. The molecule has 2 atom stereocenters. The number of hydrogen-bond donors (Lipinski definition) is 4. The smallest absolute Gasteiger partial charge is 0.231 e. The van der Waals surface area contributed by atoms with Crippen LogP contribution in [0.15, 0.2) is 97.1 Å². The van der Waals surface area contributed by atoms with Gasteiger partial charge in [0, 0.05) is 13.1 Å². The van der Waals surface area contributed by atoms with Gasteiger partial charge in [0.2, 0.25) is 11.8 Å². The molecule has 0 radical (unpaired) electrons. The predicted molar refractivity (Wildman–Crippen MR) is 155 cm³/mol. The molecule has 0 bridgehead atoms. The van der Waals surface area contributed by atoms with Gasteiger partial charge < -0.3 is 9.68 Å². The summed E-state index contributed by atoms with van der Waals surface area (Å²) in [6, 6.07) is 32.5. The monoisotopic (exact) mass is 534 g/mol. The number of benzene rings is 2. The summed E-state index contributed by atoms with van der Waals surface area (Å²) in [6.07, 6.45) is 3.73. The van der Waals surface area contributed by atoms with E-state index in [9.17, 15) is 0 Å². The van der Waals surface area contributed by atoms with Gasteiger partial charge in [-0.05, 0) is 59.1 Å². The third-order valence-corrected chi connectivity index (χ3v) is 7.64. The van der Waals surface area contributed by atoms with Crippen LogP contribution in [0.25, 0.3) is 11.1 Å². The maximum Gasteiger partial charge on any atom is 0.231 e. The van der Waals surface area contributed by atoms with Gasteiger partial charge in [-0.3, -0.25) is 10.8 Å². The zero-order chi connectivity index (χ0) is 27.3. The molecular formula is C32H34N6O2. The zero-order valence-electron chi connectivity index (χ0n) is 22.3. The Morgan fingerprint density at radius 1 is 0.575 bits per heavy atom. The minimum absolute atomic E-state index is 0.167. The highest BCUT2D eigenvalue weighted by atomic mass is 16.7. The van der Waals surface area contributed by atoms with Gasteiger partial charge in [-0.25, -0.2) is 0 Å². The molecule has 8 heteroatoms. The van der Waals surface area contributed by atoms with Crippen molar-refractivity contribution in [1.82, 2.24) is 21.2 Å². The molecule has 204 valence electrons. The van der Waals surface area contributed by atoms with Gasteiger partial charge in [0.15, 0.2) is 0 Å². The summed E-state index contributed by atoms with van der Waals surface area (Å²) >= 11 is 0. The van der Waals surface area contributed by atoms with Crippen molar-refractivity contribution in [3.05, 3.63) is 119 Å². The average Bonchev–Trinajstić information content (AvgIpc) is 3.56. The molecule has 2 heterocycles. The van der Waals surface area contributed by atoms with E-state index < -0.39 is 0 Å². The molecule has 2 unspecified atom stereocenters. The van der Waals surface area contributed by atoms with Crippen LogP contribution in [-0.4, -0.2) is 34.9 Å². The maximum absolute atomic E-state index is 8.65. The Balaban J connectivity index is 1.25. The van der Waals surface area contributed by atoms with Crippen molar-refractivity contribution in [3.8, 4) is 11.1 Å². The fraction of sp³-hybridized carbons (Fsp3) is 0.250. The molecule has 2 fully saturated rings. The third-order valence-electron chi connectivity index (χ3n) is 7.64. The first kappa shape index (κ1) is 26.2. The summed E-state index contributed by atoms with van der Waals surface area (Å²) in [4.78, 5) is 11.1. The minimum Gasteiger partial charge on any atom is -0.376 e. The van der Waals surface area contributed by atoms with E-state index in [0.29, 0.717) is 0 Å². The lowest BCUT2D eigenvalue weighted by atomic mass is 10.0. The van der Waals surface area contributed by atoms with Gasteiger partial charge in [0.25, 0.3) is 0 Å². The second-order valence-electron chi connectivity index (χ2n) is 10.3. The number of nitrogens with one attached hydrogen (secondary N) is 4. The molecule has 0 saturated carbocycles. The standard InChI is InChI=1S/C32H34N6O2/c33-31-29(37(35-39-31)20-10-16-23-12-4-1-5-13-23)27-22-28(26-19-9-3-8-18-25(26)27)30-32(34)40-36-38(30)21-11-17-24-14-6-2-7-15-24/h1-9,12-15,18-19,22,29-30,33-36H,10-11,16-17,20-21H2. The van der Waals surface area contributed by atoms with Crippen molar-refractivity contribution in [2.45, 2.75) is 37.8 Å². The Morgan fingerprint density at radius 3 is 1.40 bits per heavy atom. The van der Waals surface area contributed by atoms with E-state index in [1.165, 1.54) is 11.1 Å². The Bertz CT molecular complexity index is 1320. The van der Waals surface area contributed by atoms with E-state index in [1.807, 2.05) is 40.3 Å². The summed E-state index contributed by atoms with van der Waals surface area (Å²) < 4.78 is 0. The molecule has 4 N–H and O–H groups in total. The highest BCUT2D eigenvalue weighted by molar-refractivity contribution is 5.91. The molecule has 2 aliphatic heterocycles. The predicted octanol–water partition coefficient (Wildman–Crippen LogP) is 5.60. The molecule has 8 nitrogen and oxygen atoms in total. The number of fused-ring (bicyclic) bond motifs is 1. The molecule has 2 saturated heterocycles. The number of aryl methyl sites for hydroxylation is 2. The molecule has 2 aromatic rings. The van der Waals surface area contributed by atoms with Gasteiger partial charge in [0.1, 0.15) is 12.1 Å². The molecule has 4 aliphatic rings.